The van der Waals surface area contributed by atoms with Gasteiger partial charge in [0.1, 0.15) is 11.5 Å². The smallest absolute Gasteiger partial charge is 0.261 e. The highest BCUT2D eigenvalue weighted by Gasteiger charge is 2.08. The summed E-state index contributed by atoms with van der Waals surface area (Å²) in [5.41, 5.74) is 0.716. The van der Waals surface area contributed by atoms with Gasteiger partial charge in [-0.2, -0.15) is 0 Å². The minimum Gasteiger partial charge on any atom is -0.361 e. The predicted octanol–water partition coefficient (Wildman–Crippen LogP) is 2.26. The molecule has 4 nitrogen and oxygen atoms in total. The molecule has 2 aromatic heterocycles. The summed E-state index contributed by atoms with van der Waals surface area (Å²) in [5, 5.41) is 8.36. The van der Waals surface area contributed by atoms with Crippen molar-refractivity contribution >= 4 is 29.9 Å². The van der Waals surface area contributed by atoms with Crippen LogP contribution in [0.4, 0.5) is 0 Å². The second-order valence-electron chi connectivity index (χ2n) is 3.28. The van der Waals surface area contributed by atoms with Gasteiger partial charge >= 0.3 is 0 Å². The Bertz CT molecular complexity index is 504. The van der Waals surface area contributed by atoms with E-state index >= 15 is 0 Å². The van der Waals surface area contributed by atoms with E-state index in [4.69, 9.17) is 4.52 Å². The number of carbonyl (C=O) groups excluding carboxylic acids is 1. The van der Waals surface area contributed by atoms with Gasteiger partial charge < -0.3 is 9.84 Å². The summed E-state index contributed by atoms with van der Waals surface area (Å²) in [6, 6.07) is 3.52. The van der Waals surface area contributed by atoms with E-state index in [9.17, 15) is 4.79 Å². The highest BCUT2D eigenvalue weighted by molar-refractivity contribution is 7.80. The Morgan fingerprint density at radius 1 is 1.62 bits per heavy atom. The Balaban J connectivity index is 1.93. The van der Waals surface area contributed by atoms with Crippen LogP contribution < -0.4 is 5.32 Å². The molecule has 6 heteroatoms. The lowest BCUT2D eigenvalue weighted by Gasteiger charge is -1.99. The number of amides is 1. The van der Waals surface area contributed by atoms with Crippen LogP contribution in [-0.2, 0) is 6.54 Å². The zero-order valence-electron chi connectivity index (χ0n) is 8.56. The van der Waals surface area contributed by atoms with Crippen molar-refractivity contribution in [1.82, 2.24) is 10.5 Å². The van der Waals surface area contributed by atoms with Gasteiger partial charge in [0.15, 0.2) is 0 Å². The molecular formula is C10H10N2O2S2. The Hall–Kier alpha value is -1.27. The Morgan fingerprint density at radius 2 is 2.44 bits per heavy atom. The number of aromatic nitrogens is 1. The normalized spacial score (nSPS) is 10.4. The third kappa shape index (κ3) is 2.65. The van der Waals surface area contributed by atoms with Crippen molar-refractivity contribution in [3.63, 3.8) is 0 Å². The maximum absolute atomic E-state index is 11.6. The fourth-order valence-corrected chi connectivity index (χ4v) is 2.27. The second kappa shape index (κ2) is 4.71. The second-order valence-corrected chi connectivity index (χ2v) is 4.71. The molecule has 0 saturated heterocycles. The first-order valence-corrected chi connectivity index (χ1v) is 5.96. The van der Waals surface area contributed by atoms with Crippen LogP contribution in [0.3, 0.4) is 0 Å². The Morgan fingerprint density at radius 3 is 3.00 bits per heavy atom. The molecule has 0 bridgehead atoms. The highest BCUT2D eigenvalue weighted by Crippen LogP contribution is 2.17. The van der Waals surface area contributed by atoms with Crippen molar-refractivity contribution in [1.29, 1.82) is 0 Å². The third-order valence-electron chi connectivity index (χ3n) is 1.92. The quantitative estimate of drug-likeness (QED) is 0.826. The van der Waals surface area contributed by atoms with E-state index in [2.05, 4.69) is 23.1 Å². The van der Waals surface area contributed by atoms with Crippen molar-refractivity contribution in [3.05, 3.63) is 33.8 Å². The SMILES string of the molecule is Cc1cc(CNC(=O)c2cc(S)cs2)no1. The van der Waals surface area contributed by atoms with Crippen LogP contribution in [0.15, 0.2) is 26.9 Å². The molecule has 1 amide bonds. The number of hydrogen-bond acceptors (Lipinski definition) is 5. The maximum atomic E-state index is 11.6. The molecule has 84 valence electrons. The van der Waals surface area contributed by atoms with E-state index in [-0.39, 0.29) is 5.91 Å². The molecule has 0 aliphatic heterocycles. The van der Waals surface area contributed by atoms with Gasteiger partial charge in [-0.25, -0.2) is 0 Å². The van der Waals surface area contributed by atoms with Crippen molar-refractivity contribution in [2.45, 2.75) is 18.4 Å². The van der Waals surface area contributed by atoms with E-state index in [1.165, 1.54) is 11.3 Å². The predicted molar refractivity (Wildman–Crippen MR) is 64.0 cm³/mol. The lowest BCUT2D eigenvalue weighted by atomic mass is 10.3. The van der Waals surface area contributed by atoms with Crippen molar-refractivity contribution < 1.29 is 9.32 Å². The molecule has 0 aromatic carbocycles. The molecule has 0 unspecified atom stereocenters. The van der Waals surface area contributed by atoms with Crippen LogP contribution in [0.25, 0.3) is 0 Å². The number of thiophene rings is 1. The summed E-state index contributed by atoms with van der Waals surface area (Å²) in [4.78, 5) is 13.1. The van der Waals surface area contributed by atoms with Crippen LogP contribution in [0, 0.1) is 6.92 Å². The fourth-order valence-electron chi connectivity index (χ4n) is 1.20. The summed E-state index contributed by atoms with van der Waals surface area (Å²) in [5.74, 6) is 0.615. The van der Waals surface area contributed by atoms with Crippen LogP contribution in [-0.4, -0.2) is 11.1 Å². The average Bonchev–Trinajstić information content (AvgIpc) is 2.84. The number of rotatable bonds is 3. The van der Waals surface area contributed by atoms with E-state index in [1.54, 1.807) is 12.1 Å². The first kappa shape index (κ1) is 11.2. The summed E-state index contributed by atoms with van der Waals surface area (Å²) >= 11 is 5.51. The topological polar surface area (TPSA) is 55.1 Å². The van der Waals surface area contributed by atoms with Gasteiger partial charge in [-0.05, 0) is 13.0 Å². The van der Waals surface area contributed by atoms with Crippen molar-refractivity contribution in [3.8, 4) is 0 Å². The third-order valence-corrected chi connectivity index (χ3v) is 3.28. The lowest BCUT2D eigenvalue weighted by Crippen LogP contribution is -2.21. The maximum Gasteiger partial charge on any atom is 0.261 e. The standard InChI is InChI=1S/C10H10N2O2S2/c1-6-2-7(12-14-6)4-11-10(13)9-3-8(15)5-16-9/h2-3,5,15H,4H2,1H3,(H,11,13). The molecule has 16 heavy (non-hydrogen) atoms. The van der Waals surface area contributed by atoms with Gasteiger partial charge in [0.05, 0.1) is 11.4 Å². The molecule has 1 N–H and O–H groups in total. The molecule has 0 aliphatic carbocycles. The molecule has 2 heterocycles. The highest BCUT2D eigenvalue weighted by atomic mass is 32.1. The first-order valence-electron chi connectivity index (χ1n) is 4.63. The van der Waals surface area contributed by atoms with Crippen molar-refractivity contribution in [2.24, 2.45) is 0 Å². The van der Waals surface area contributed by atoms with Gasteiger partial charge in [-0.1, -0.05) is 5.16 Å². The minimum atomic E-state index is -0.119. The van der Waals surface area contributed by atoms with E-state index in [1.807, 2.05) is 12.3 Å². The molecule has 0 saturated carbocycles. The van der Waals surface area contributed by atoms with Crippen LogP contribution >= 0.6 is 24.0 Å². The molecule has 0 fully saturated rings. The number of hydrogen-bond donors (Lipinski definition) is 2. The largest absolute Gasteiger partial charge is 0.361 e. The number of carbonyl (C=O) groups is 1. The van der Waals surface area contributed by atoms with Crippen LogP contribution in [0.2, 0.25) is 0 Å². The van der Waals surface area contributed by atoms with Gasteiger partial charge in [0.25, 0.3) is 5.91 Å². The number of nitrogens with one attached hydrogen (secondary N) is 1. The molecule has 2 aromatic rings. The summed E-state index contributed by atoms with van der Waals surface area (Å²) < 4.78 is 4.90. The van der Waals surface area contributed by atoms with Crippen molar-refractivity contribution in [2.75, 3.05) is 0 Å². The minimum absolute atomic E-state index is 0.119. The molecule has 0 spiro atoms. The summed E-state index contributed by atoms with van der Waals surface area (Å²) in [6.07, 6.45) is 0. The first-order chi connectivity index (χ1) is 7.65. The molecule has 2 rings (SSSR count). The van der Waals surface area contributed by atoms with Gasteiger partial charge in [-0.3, -0.25) is 4.79 Å². The van der Waals surface area contributed by atoms with Crippen LogP contribution in [0.1, 0.15) is 21.1 Å². The Labute approximate surface area is 102 Å². The number of aryl methyl sites for hydroxylation is 1. The Kier molecular flexibility index (Phi) is 3.31. The summed E-state index contributed by atoms with van der Waals surface area (Å²) in [7, 11) is 0. The average molecular weight is 254 g/mol. The van der Waals surface area contributed by atoms with E-state index in [0.29, 0.717) is 17.1 Å². The number of thiol groups is 1. The lowest BCUT2D eigenvalue weighted by molar-refractivity contribution is 0.0954. The molecular weight excluding hydrogens is 244 g/mol. The van der Waals surface area contributed by atoms with Gasteiger partial charge in [-0.15, -0.1) is 24.0 Å². The molecule has 0 radical (unpaired) electrons. The zero-order chi connectivity index (χ0) is 11.5. The monoisotopic (exact) mass is 254 g/mol. The number of nitrogens with zero attached hydrogens (tertiary/aromatic N) is 1. The fraction of sp³-hybridized carbons (Fsp3) is 0.200. The zero-order valence-corrected chi connectivity index (χ0v) is 10.3. The molecule has 0 aliphatic rings. The molecule has 0 atom stereocenters. The van der Waals surface area contributed by atoms with E-state index in [0.717, 1.165) is 10.7 Å². The summed E-state index contributed by atoms with van der Waals surface area (Å²) in [6.45, 7) is 2.18. The van der Waals surface area contributed by atoms with E-state index < -0.39 is 0 Å². The van der Waals surface area contributed by atoms with Crippen LogP contribution in [0.5, 0.6) is 0 Å². The van der Waals surface area contributed by atoms with Gasteiger partial charge in [0, 0.05) is 16.3 Å². The van der Waals surface area contributed by atoms with Gasteiger partial charge in [0.2, 0.25) is 0 Å².